The van der Waals surface area contributed by atoms with Crippen molar-refractivity contribution in [2.75, 3.05) is 25.1 Å². The molecule has 0 saturated carbocycles. The molecule has 0 spiro atoms. The molecule has 0 aliphatic carbocycles. The Morgan fingerprint density at radius 2 is 2.32 bits per heavy atom. The molecule has 1 aliphatic heterocycles. The Labute approximate surface area is 118 Å². The van der Waals surface area contributed by atoms with Gasteiger partial charge in [0.05, 0.1) is 23.9 Å². The summed E-state index contributed by atoms with van der Waals surface area (Å²) in [6, 6.07) is 7.35. The van der Waals surface area contributed by atoms with E-state index in [9.17, 15) is 4.79 Å². The highest BCUT2D eigenvalue weighted by Crippen LogP contribution is 2.30. The zero-order valence-corrected chi connectivity index (χ0v) is 11.7. The molecule has 2 rings (SSSR count). The fourth-order valence-electron chi connectivity index (χ4n) is 2.19. The van der Waals surface area contributed by atoms with Crippen LogP contribution in [0.2, 0.25) is 5.02 Å². The molecule has 0 aromatic heterocycles. The van der Waals surface area contributed by atoms with Crippen molar-refractivity contribution in [2.45, 2.75) is 25.3 Å². The third-order valence-electron chi connectivity index (χ3n) is 3.15. The summed E-state index contributed by atoms with van der Waals surface area (Å²) in [5.74, 6) is -0.283. The number of carbonyl (C=O) groups is 1. The number of hydrogen-bond acceptors (Lipinski definition) is 4. The van der Waals surface area contributed by atoms with Gasteiger partial charge >= 0.3 is 5.97 Å². The third kappa shape index (κ3) is 3.19. The van der Waals surface area contributed by atoms with Gasteiger partial charge in [-0.1, -0.05) is 23.7 Å². The van der Waals surface area contributed by atoms with Gasteiger partial charge in [0.25, 0.3) is 0 Å². The number of benzene rings is 1. The number of para-hydroxylation sites is 1. The van der Waals surface area contributed by atoms with Gasteiger partial charge in [0.2, 0.25) is 0 Å². The first-order chi connectivity index (χ1) is 9.18. The van der Waals surface area contributed by atoms with Crippen LogP contribution in [-0.2, 0) is 14.3 Å². The van der Waals surface area contributed by atoms with Gasteiger partial charge < -0.3 is 14.8 Å². The second-order valence-electron chi connectivity index (χ2n) is 4.56. The molecule has 19 heavy (non-hydrogen) atoms. The van der Waals surface area contributed by atoms with Crippen LogP contribution in [0.3, 0.4) is 0 Å². The zero-order valence-electron chi connectivity index (χ0n) is 10.9. The second-order valence-corrected chi connectivity index (χ2v) is 4.97. The Balaban J connectivity index is 2.23. The molecule has 1 fully saturated rings. The molecule has 104 valence electrons. The number of anilines is 1. The van der Waals surface area contributed by atoms with E-state index in [-0.39, 0.29) is 5.97 Å². The van der Waals surface area contributed by atoms with E-state index in [0.717, 1.165) is 12.1 Å². The van der Waals surface area contributed by atoms with Crippen molar-refractivity contribution in [2.24, 2.45) is 0 Å². The third-order valence-corrected chi connectivity index (χ3v) is 3.48. The van der Waals surface area contributed by atoms with Crippen molar-refractivity contribution >= 4 is 23.3 Å². The molecule has 1 atom stereocenters. The maximum atomic E-state index is 12.2. The number of nitrogens with one attached hydrogen (secondary N) is 1. The number of carbonyl (C=O) groups excluding carboxylic acids is 1. The highest BCUT2D eigenvalue weighted by molar-refractivity contribution is 6.33. The predicted molar refractivity (Wildman–Crippen MR) is 74.5 cm³/mol. The van der Waals surface area contributed by atoms with Crippen molar-refractivity contribution in [1.29, 1.82) is 0 Å². The fraction of sp³-hybridized carbons (Fsp3) is 0.500. The van der Waals surface area contributed by atoms with E-state index in [1.165, 1.54) is 0 Å². The Kier molecular flexibility index (Phi) is 4.66. The largest absolute Gasteiger partial charge is 0.464 e. The van der Waals surface area contributed by atoms with E-state index in [2.05, 4.69) is 5.32 Å². The lowest BCUT2D eigenvalue weighted by Crippen LogP contribution is -2.53. The molecule has 4 nitrogen and oxygen atoms in total. The predicted octanol–water partition coefficient (Wildman–Crippen LogP) is 2.86. The van der Waals surface area contributed by atoms with Crippen LogP contribution >= 0.6 is 11.6 Å². The highest BCUT2D eigenvalue weighted by Gasteiger charge is 2.42. The molecule has 0 bridgehead atoms. The minimum Gasteiger partial charge on any atom is -0.464 e. The van der Waals surface area contributed by atoms with Crippen molar-refractivity contribution in [3.05, 3.63) is 29.3 Å². The number of ether oxygens (including phenoxy) is 2. The maximum Gasteiger partial charge on any atom is 0.334 e. The molecule has 1 N–H and O–H groups in total. The Morgan fingerprint density at radius 3 is 2.95 bits per heavy atom. The number of rotatable bonds is 4. The van der Waals surface area contributed by atoms with Gasteiger partial charge in [-0.15, -0.1) is 0 Å². The van der Waals surface area contributed by atoms with Gasteiger partial charge in [-0.25, -0.2) is 4.79 Å². The summed E-state index contributed by atoms with van der Waals surface area (Å²) in [7, 11) is 0. The number of esters is 1. The molecule has 1 heterocycles. The lowest BCUT2D eigenvalue weighted by Gasteiger charge is -2.36. The average molecular weight is 284 g/mol. The normalized spacial score (nSPS) is 22.8. The summed E-state index contributed by atoms with van der Waals surface area (Å²) in [4.78, 5) is 12.2. The van der Waals surface area contributed by atoms with Gasteiger partial charge in [0, 0.05) is 6.61 Å². The van der Waals surface area contributed by atoms with Crippen LogP contribution in [0.5, 0.6) is 0 Å². The molecule has 0 amide bonds. The molecule has 5 heteroatoms. The van der Waals surface area contributed by atoms with Crippen LogP contribution in [0.15, 0.2) is 24.3 Å². The number of halogens is 1. The summed E-state index contributed by atoms with van der Waals surface area (Å²) in [6.45, 7) is 3.12. The van der Waals surface area contributed by atoms with Crippen LogP contribution in [0.1, 0.15) is 19.8 Å². The second kappa shape index (κ2) is 6.26. The first-order valence-electron chi connectivity index (χ1n) is 6.45. The van der Waals surface area contributed by atoms with Crippen molar-refractivity contribution < 1.29 is 14.3 Å². The van der Waals surface area contributed by atoms with E-state index in [1.807, 2.05) is 18.2 Å². The van der Waals surface area contributed by atoms with Gasteiger partial charge in [-0.3, -0.25) is 0 Å². The zero-order chi connectivity index (χ0) is 13.7. The Bertz CT molecular complexity index is 444. The molecule has 1 aromatic rings. The lowest BCUT2D eigenvalue weighted by atomic mass is 9.92. The monoisotopic (exact) mass is 283 g/mol. The molecular formula is C14H18ClNO3. The van der Waals surface area contributed by atoms with Crippen LogP contribution in [-0.4, -0.2) is 31.3 Å². The SMILES string of the molecule is CCOC(=O)C1(Nc2ccccc2Cl)CCCOC1. The maximum absolute atomic E-state index is 12.2. The first kappa shape index (κ1) is 14.2. The van der Waals surface area contributed by atoms with Gasteiger partial charge in [0.15, 0.2) is 5.54 Å². The van der Waals surface area contributed by atoms with E-state index >= 15 is 0 Å². The lowest BCUT2D eigenvalue weighted by molar-refractivity contribution is -0.153. The summed E-state index contributed by atoms with van der Waals surface area (Å²) >= 11 is 6.13. The average Bonchev–Trinajstić information content (AvgIpc) is 2.43. The smallest absolute Gasteiger partial charge is 0.334 e. The van der Waals surface area contributed by atoms with Crippen LogP contribution in [0.4, 0.5) is 5.69 Å². The van der Waals surface area contributed by atoms with Gasteiger partial charge in [0.1, 0.15) is 0 Å². The number of hydrogen-bond donors (Lipinski definition) is 1. The first-order valence-corrected chi connectivity index (χ1v) is 6.83. The Hall–Kier alpha value is -1.26. The van der Waals surface area contributed by atoms with E-state index in [0.29, 0.717) is 31.3 Å². The summed E-state index contributed by atoms with van der Waals surface area (Å²) in [5.41, 5.74) is -0.109. The molecule has 0 radical (unpaired) electrons. The van der Waals surface area contributed by atoms with E-state index in [4.69, 9.17) is 21.1 Å². The quantitative estimate of drug-likeness (QED) is 0.863. The summed E-state index contributed by atoms with van der Waals surface area (Å²) in [6.07, 6.45) is 1.49. The molecule has 1 saturated heterocycles. The van der Waals surface area contributed by atoms with E-state index in [1.54, 1.807) is 13.0 Å². The van der Waals surface area contributed by atoms with Crippen LogP contribution < -0.4 is 5.32 Å². The summed E-state index contributed by atoms with van der Waals surface area (Å²) in [5, 5.41) is 3.80. The van der Waals surface area contributed by atoms with Gasteiger partial charge in [-0.05, 0) is 31.9 Å². The van der Waals surface area contributed by atoms with Gasteiger partial charge in [-0.2, -0.15) is 0 Å². The minimum absolute atomic E-state index is 0.283. The molecule has 1 unspecified atom stereocenters. The van der Waals surface area contributed by atoms with Crippen LogP contribution in [0, 0.1) is 0 Å². The van der Waals surface area contributed by atoms with Crippen molar-refractivity contribution in [3.63, 3.8) is 0 Å². The van der Waals surface area contributed by atoms with Crippen molar-refractivity contribution in [1.82, 2.24) is 0 Å². The topological polar surface area (TPSA) is 47.6 Å². The van der Waals surface area contributed by atoms with Crippen molar-refractivity contribution in [3.8, 4) is 0 Å². The summed E-state index contributed by atoms with van der Waals surface area (Å²) < 4.78 is 10.6. The molecule has 1 aromatic carbocycles. The van der Waals surface area contributed by atoms with E-state index < -0.39 is 5.54 Å². The van der Waals surface area contributed by atoms with Crippen LogP contribution in [0.25, 0.3) is 0 Å². The Morgan fingerprint density at radius 1 is 1.53 bits per heavy atom. The highest BCUT2D eigenvalue weighted by atomic mass is 35.5. The fourth-order valence-corrected chi connectivity index (χ4v) is 2.38. The minimum atomic E-state index is -0.834. The standard InChI is InChI=1S/C14H18ClNO3/c1-2-19-13(17)14(8-5-9-18-10-14)16-12-7-4-3-6-11(12)15/h3-4,6-7,16H,2,5,8-10H2,1H3. The molecule has 1 aliphatic rings. The molecular weight excluding hydrogens is 266 g/mol.